The van der Waals surface area contributed by atoms with Crippen LogP contribution in [0.4, 0.5) is 4.39 Å². The van der Waals surface area contributed by atoms with E-state index in [9.17, 15) is 4.39 Å². The summed E-state index contributed by atoms with van der Waals surface area (Å²) < 4.78 is 25.5. The maximum Gasteiger partial charge on any atom is 0.161 e. The average molecular weight is 312 g/mol. The van der Waals surface area contributed by atoms with Crippen molar-refractivity contribution in [3.05, 3.63) is 59.4 Å². The largest absolute Gasteiger partial charge is 0.486 e. The Balaban J connectivity index is 1.60. The molecule has 2 aromatic rings. The Hall–Kier alpha value is -2.58. The summed E-state index contributed by atoms with van der Waals surface area (Å²) in [4.78, 5) is 1.98. The molecule has 0 bridgehead atoms. The van der Waals surface area contributed by atoms with Crippen molar-refractivity contribution < 1.29 is 13.9 Å². The fraction of sp³-hybridized carbons (Fsp3) is 0.278. The summed E-state index contributed by atoms with van der Waals surface area (Å²) in [5, 5.41) is 8.77. The van der Waals surface area contributed by atoms with Crippen molar-refractivity contribution >= 4 is 0 Å². The molecule has 0 spiro atoms. The van der Waals surface area contributed by atoms with E-state index in [1.807, 2.05) is 42.3 Å². The van der Waals surface area contributed by atoms with Crippen LogP contribution in [0.15, 0.2) is 42.5 Å². The predicted molar refractivity (Wildman–Crippen MR) is 83.8 cm³/mol. The molecule has 0 amide bonds. The third-order valence-electron chi connectivity index (χ3n) is 3.71. The highest BCUT2D eigenvalue weighted by atomic mass is 19.1. The molecule has 1 aliphatic heterocycles. The van der Waals surface area contributed by atoms with Crippen LogP contribution in [-0.4, -0.2) is 31.2 Å². The summed E-state index contributed by atoms with van der Waals surface area (Å²) in [6.07, 6.45) is -0.101. The second kappa shape index (κ2) is 6.67. The number of nitrogens with zero attached hydrogens (tertiary/aromatic N) is 2. The minimum Gasteiger partial charge on any atom is -0.486 e. The summed E-state index contributed by atoms with van der Waals surface area (Å²) in [6, 6.07) is 14.0. The van der Waals surface area contributed by atoms with Crippen molar-refractivity contribution in [2.75, 3.05) is 20.2 Å². The second-order valence-electron chi connectivity index (χ2n) is 5.61. The standard InChI is InChI=1S/C18H17FN2O2/c1-21(10-14-7-6-13(9-20)8-16(14)19)11-15-12-22-17-4-2-3-5-18(17)23-15/h2-8,15H,10-12H2,1H3/t15-/m1/s1. The highest BCUT2D eigenvalue weighted by Gasteiger charge is 2.22. The monoisotopic (exact) mass is 312 g/mol. The maximum absolute atomic E-state index is 13.9. The summed E-state index contributed by atoms with van der Waals surface area (Å²) >= 11 is 0. The molecular weight excluding hydrogens is 295 g/mol. The van der Waals surface area contributed by atoms with Gasteiger partial charge in [0.15, 0.2) is 11.5 Å². The van der Waals surface area contributed by atoms with Gasteiger partial charge in [-0.15, -0.1) is 0 Å². The van der Waals surface area contributed by atoms with Gasteiger partial charge < -0.3 is 9.47 Å². The molecule has 1 atom stereocenters. The Kier molecular flexibility index (Phi) is 4.45. The van der Waals surface area contributed by atoms with Crippen LogP contribution in [0, 0.1) is 17.1 Å². The van der Waals surface area contributed by atoms with Crippen LogP contribution in [0.2, 0.25) is 0 Å². The molecule has 3 rings (SSSR count). The Morgan fingerprint density at radius 3 is 2.78 bits per heavy atom. The minimum atomic E-state index is -0.359. The zero-order chi connectivity index (χ0) is 16.2. The van der Waals surface area contributed by atoms with Gasteiger partial charge in [0.2, 0.25) is 0 Å². The van der Waals surface area contributed by atoms with E-state index in [1.54, 1.807) is 12.1 Å². The third-order valence-corrected chi connectivity index (χ3v) is 3.71. The van der Waals surface area contributed by atoms with Crippen molar-refractivity contribution in [3.63, 3.8) is 0 Å². The lowest BCUT2D eigenvalue weighted by Gasteiger charge is -2.29. The van der Waals surface area contributed by atoms with Crippen molar-refractivity contribution in [3.8, 4) is 17.6 Å². The first-order valence-electron chi connectivity index (χ1n) is 7.41. The molecule has 0 radical (unpaired) electrons. The van der Waals surface area contributed by atoms with E-state index in [0.29, 0.717) is 30.8 Å². The Labute approximate surface area is 134 Å². The molecular formula is C18H17FN2O2. The zero-order valence-electron chi connectivity index (χ0n) is 12.8. The predicted octanol–water partition coefficient (Wildman–Crippen LogP) is 2.97. The van der Waals surface area contributed by atoms with E-state index in [1.165, 1.54) is 6.07 Å². The molecule has 1 heterocycles. The first kappa shape index (κ1) is 15.3. The van der Waals surface area contributed by atoms with Crippen LogP contribution in [-0.2, 0) is 6.54 Å². The van der Waals surface area contributed by atoms with E-state index >= 15 is 0 Å². The molecule has 118 valence electrons. The number of rotatable bonds is 4. The van der Waals surface area contributed by atoms with Crippen LogP contribution in [0.5, 0.6) is 11.5 Å². The van der Waals surface area contributed by atoms with Gasteiger partial charge in [0.25, 0.3) is 0 Å². The lowest BCUT2D eigenvalue weighted by Crippen LogP contribution is -2.39. The fourth-order valence-corrected chi connectivity index (χ4v) is 2.60. The molecule has 0 aromatic heterocycles. The minimum absolute atomic E-state index is 0.101. The molecule has 0 aliphatic carbocycles. The van der Waals surface area contributed by atoms with Gasteiger partial charge in [-0.25, -0.2) is 4.39 Å². The number of ether oxygens (including phenoxy) is 2. The molecule has 0 fully saturated rings. The van der Waals surface area contributed by atoms with Crippen molar-refractivity contribution in [2.45, 2.75) is 12.6 Å². The van der Waals surface area contributed by atoms with Gasteiger partial charge in [0.1, 0.15) is 18.5 Å². The Morgan fingerprint density at radius 1 is 1.26 bits per heavy atom. The van der Waals surface area contributed by atoms with E-state index < -0.39 is 0 Å². The summed E-state index contributed by atoms with van der Waals surface area (Å²) in [6.45, 7) is 1.53. The van der Waals surface area contributed by atoms with Crippen molar-refractivity contribution in [2.24, 2.45) is 0 Å². The van der Waals surface area contributed by atoms with Crippen LogP contribution in [0.3, 0.4) is 0 Å². The van der Waals surface area contributed by atoms with Crippen LogP contribution >= 0.6 is 0 Å². The number of fused-ring (bicyclic) bond motifs is 1. The van der Waals surface area contributed by atoms with Crippen LogP contribution in [0.1, 0.15) is 11.1 Å². The van der Waals surface area contributed by atoms with E-state index in [4.69, 9.17) is 14.7 Å². The smallest absolute Gasteiger partial charge is 0.161 e. The number of nitriles is 1. The molecule has 23 heavy (non-hydrogen) atoms. The number of para-hydroxylation sites is 2. The van der Waals surface area contributed by atoms with E-state index in [-0.39, 0.29) is 11.9 Å². The van der Waals surface area contributed by atoms with Gasteiger partial charge in [0, 0.05) is 18.7 Å². The summed E-state index contributed by atoms with van der Waals surface area (Å²) in [7, 11) is 1.90. The number of benzene rings is 2. The van der Waals surface area contributed by atoms with E-state index in [2.05, 4.69) is 0 Å². The maximum atomic E-state index is 13.9. The normalized spacial score (nSPS) is 16.2. The summed E-state index contributed by atoms with van der Waals surface area (Å²) in [5.41, 5.74) is 0.887. The number of hydrogen-bond donors (Lipinski definition) is 0. The highest BCUT2D eigenvalue weighted by molar-refractivity contribution is 5.40. The number of likely N-dealkylation sites (N-methyl/N-ethyl adjacent to an activating group) is 1. The second-order valence-corrected chi connectivity index (χ2v) is 5.61. The first-order chi connectivity index (χ1) is 11.2. The molecule has 0 unspecified atom stereocenters. The van der Waals surface area contributed by atoms with Gasteiger partial charge in [0.05, 0.1) is 11.6 Å². The molecule has 5 heteroatoms. The molecule has 1 aliphatic rings. The Morgan fingerprint density at radius 2 is 2.04 bits per heavy atom. The lowest BCUT2D eigenvalue weighted by molar-refractivity contribution is 0.0635. The lowest BCUT2D eigenvalue weighted by atomic mass is 10.1. The van der Waals surface area contributed by atoms with Crippen molar-refractivity contribution in [1.82, 2.24) is 4.90 Å². The van der Waals surface area contributed by atoms with Crippen LogP contribution < -0.4 is 9.47 Å². The summed E-state index contributed by atoms with van der Waals surface area (Å²) in [5.74, 6) is 1.13. The molecule has 0 saturated heterocycles. The Bertz CT molecular complexity index is 742. The average Bonchev–Trinajstić information content (AvgIpc) is 2.56. The van der Waals surface area contributed by atoms with E-state index in [0.717, 1.165) is 11.5 Å². The van der Waals surface area contributed by atoms with Gasteiger partial charge in [-0.05, 0) is 31.3 Å². The third kappa shape index (κ3) is 3.61. The SMILES string of the molecule is CN(Cc1ccc(C#N)cc1F)C[C@@H]1COc2ccccc2O1. The van der Waals surface area contributed by atoms with Gasteiger partial charge in [-0.2, -0.15) is 5.26 Å². The van der Waals surface area contributed by atoms with Gasteiger partial charge >= 0.3 is 0 Å². The number of hydrogen-bond acceptors (Lipinski definition) is 4. The zero-order valence-corrected chi connectivity index (χ0v) is 12.8. The van der Waals surface area contributed by atoms with Gasteiger partial charge in [-0.3, -0.25) is 4.90 Å². The quantitative estimate of drug-likeness (QED) is 0.871. The molecule has 2 aromatic carbocycles. The van der Waals surface area contributed by atoms with Gasteiger partial charge in [-0.1, -0.05) is 18.2 Å². The molecule has 0 N–H and O–H groups in total. The molecule has 4 nitrogen and oxygen atoms in total. The molecule has 0 saturated carbocycles. The highest BCUT2D eigenvalue weighted by Crippen LogP contribution is 2.31. The number of halogens is 1. The van der Waals surface area contributed by atoms with Crippen LogP contribution in [0.25, 0.3) is 0 Å². The fourth-order valence-electron chi connectivity index (χ4n) is 2.60. The first-order valence-corrected chi connectivity index (χ1v) is 7.41. The van der Waals surface area contributed by atoms with Crippen molar-refractivity contribution in [1.29, 1.82) is 5.26 Å². The topological polar surface area (TPSA) is 45.5 Å².